The third kappa shape index (κ3) is 4.69. The number of carbonyl (C=O) groups excluding carboxylic acids is 1. The van der Waals surface area contributed by atoms with Crippen molar-refractivity contribution in [2.45, 2.75) is 51.9 Å². The Morgan fingerprint density at radius 2 is 1.72 bits per heavy atom. The molecule has 0 aliphatic heterocycles. The Morgan fingerprint density at radius 3 is 2.38 bits per heavy atom. The molecule has 4 rings (SSSR count). The Balaban J connectivity index is 1.40. The molecule has 32 heavy (non-hydrogen) atoms. The molecule has 0 spiro atoms. The first-order valence-corrected chi connectivity index (χ1v) is 10.6. The molecule has 1 unspecified atom stereocenters. The van der Waals surface area contributed by atoms with E-state index < -0.39 is 0 Å². The van der Waals surface area contributed by atoms with Gasteiger partial charge in [-0.2, -0.15) is 0 Å². The number of nitrogens with zero attached hydrogens (tertiary/aromatic N) is 7. The van der Waals surface area contributed by atoms with E-state index in [1.807, 2.05) is 30.9 Å². The van der Waals surface area contributed by atoms with Crippen molar-refractivity contribution in [3.8, 4) is 0 Å². The molecular weight excluding hydrogens is 402 g/mol. The molecule has 0 N–H and O–H groups in total. The quantitative estimate of drug-likeness (QED) is 0.430. The standard InChI is InChI=1S/C24H27N7O/c1-15(6-22(32)18-8-21-20(13-27-18)30-14-31(21)5)19-12-25-17(11-26-19)7-16-9-28-23(29-10-16)24(2,3)4/h8-15H,6-7H2,1-5H3. The van der Waals surface area contributed by atoms with Gasteiger partial charge in [0.15, 0.2) is 5.78 Å². The average molecular weight is 430 g/mol. The molecule has 0 aromatic carbocycles. The predicted octanol–water partition coefficient (Wildman–Crippen LogP) is 3.81. The summed E-state index contributed by atoms with van der Waals surface area (Å²) in [5.41, 5.74) is 4.63. The van der Waals surface area contributed by atoms with Crippen LogP contribution in [0.4, 0.5) is 0 Å². The second-order valence-electron chi connectivity index (χ2n) is 9.22. The molecule has 8 nitrogen and oxygen atoms in total. The average Bonchev–Trinajstić information content (AvgIpc) is 3.14. The highest BCUT2D eigenvalue weighted by Crippen LogP contribution is 2.21. The van der Waals surface area contributed by atoms with E-state index in [1.165, 1.54) is 0 Å². The van der Waals surface area contributed by atoms with Crippen molar-refractivity contribution < 1.29 is 4.79 Å². The number of Topliss-reactive ketones (excluding diaryl/α,β-unsaturated/α-hetero) is 1. The minimum absolute atomic E-state index is 0.0254. The molecule has 0 aliphatic rings. The monoisotopic (exact) mass is 429 g/mol. The van der Waals surface area contributed by atoms with Crippen LogP contribution in [-0.2, 0) is 18.9 Å². The lowest BCUT2D eigenvalue weighted by Gasteiger charge is -2.16. The van der Waals surface area contributed by atoms with Crippen molar-refractivity contribution in [2.75, 3.05) is 0 Å². The van der Waals surface area contributed by atoms with Crippen LogP contribution < -0.4 is 0 Å². The SMILES string of the molecule is CC(CC(=O)c1cc2c(cn1)ncn2C)c1cnc(Cc2cnc(C(C)(C)C)nc2)cn1. The van der Waals surface area contributed by atoms with Crippen LogP contribution in [0.3, 0.4) is 0 Å². The normalized spacial score (nSPS) is 12.8. The van der Waals surface area contributed by atoms with Gasteiger partial charge in [0.1, 0.15) is 17.0 Å². The van der Waals surface area contributed by atoms with Gasteiger partial charge in [-0.1, -0.05) is 27.7 Å². The van der Waals surface area contributed by atoms with Gasteiger partial charge in [-0.05, 0) is 11.6 Å². The molecular formula is C24H27N7O. The third-order valence-electron chi connectivity index (χ3n) is 5.38. The van der Waals surface area contributed by atoms with Gasteiger partial charge in [0.2, 0.25) is 0 Å². The van der Waals surface area contributed by atoms with E-state index in [4.69, 9.17) is 0 Å². The maximum absolute atomic E-state index is 12.8. The molecule has 4 aromatic rings. The second kappa shape index (κ2) is 8.53. The summed E-state index contributed by atoms with van der Waals surface area (Å²) in [7, 11) is 1.90. The maximum atomic E-state index is 12.8. The number of fused-ring (bicyclic) bond motifs is 1. The topological polar surface area (TPSA) is 99.3 Å². The number of hydrogen-bond acceptors (Lipinski definition) is 7. The van der Waals surface area contributed by atoms with E-state index >= 15 is 0 Å². The first-order valence-electron chi connectivity index (χ1n) is 10.6. The number of hydrogen-bond donors (Lipinski definition) is 0. The molecule has 0 fully saturated rings. The van der Waals surface area contributed by atoms with Crippen LogP contribution in [0, 0.1) is 0 Å². The van der Waals surface area contributed by atoms with Gasteiger partial charge < -0.3 is 4.57 Å². The summed E-state index contributed by atoms with van der Waals surface area (Å²) >= 11 is 0. The van der Waals surface area contributed by atoms with Crippen LogP contribution in [0.15, 0.2) is 43.4 Å². The zero-order chi connectivity index (χ0) is 22.9. The first kappa shape index (κ1) is 21.7. The Hall–Kier alpha value is -3.55. The first-order chi connectivity index (χ1) is 15.2. The highest BCUT2D eigenvalue weighted by molar-refractivity contribution is 5.97. The minimum atomic E-state index is -0.0768. The number of ketones is 1. The maximum Gasteiger partial charge on any atom is 0.181 e. The van der Waals surface area contributed by atoms with Crippen LogP contribution in [0.1, 0.15) is 73.3 Å². The van der Waals surface area contributed by atoms with E-state index in [2.05, 4.69) is 50.7 Å². The molecule has 4 heterocycles. The lowest BCUT2D eigenvalue weighted by molar-refractivity contribution is 0.0970. The molecule has 1 atom stereocenters. The fourth-order valence-corrected chi connectivity index (χ4v) is 3.42. The number of aryl methyl sites for hydroxylation is 1. The van der Waals surface area contributed by atoms with Gasteiger partial charge in [-0.3, -0.25) is 19.7 Å². The highest BCUT2D eigenvalue weighted by atomic mass is 16.1. The van der Waals surface area contributed by atoms with Crippen molar-refractivity contribution in [3.63, 3.8) is 0 Å². The third-order valence-corrected chi connectivity index (χ3v) is 5.38. The molecule has 0 aliphatic carbocycles. The molecule has 0 amide bonds. The molecule has 164 valence electrons. The van der Waals surface area contributed by atoms with Gasteiger partial charge in [-0.25, -0.2) is 15.0 Å². The predicted molar refractivity (Wildman–Crippen MR) is 121 cm³/mol. The molecule has 0 radical (unpaired) electrons. The second-order valence-corrected chi connectivity index (χ2v) is 9.22. The molecule has 0 saturated carbocycles. The largest absolute Gasteiger partial charge is 0.334 e. The van der Waals surface area contributed by atoms with E-state index in [9.17, 15) is 4.79 Å². The van der Waals surface area contributed by atoms with Crippen molar-refractivity contribution in [1.82, 2.24) is 34.5 Å². The number of pyridine rings is 1. The summed E-state index contributed by atoms with van der Waals surface area (Å²) in [6.45, 7) is 8.24. The fourth-order valence-electron chi connectivity index (χ4n) is 3.42. The molecule has 4 aromatic heterocycles. The highest BCUT2D eigenvalue weighted by Gasteiger charge is 2.18. The van der Waals surface area contributed by atoms with Crippen LogP contribution in [0.25, 0.3) is 11.0 Å². The number of imidazole rings is 1. The van der Waals surface area contributed by atoms with Crippen molar-refractivity contribution >= 4 is 16.8 Å². The Kier molecular flexibility index (Phi) is 5.78. The van der Waals surface area contributed by atoms with Gasteiger partial charge in [0.25, 0.3) is 0 Å². The summed E-state index contributed by atoms with van der Waals surface area (Å²) in [5, 5.41) is 0. The number of aromatic nitrogens is 7. The molecule has 0 saturated heterocycles. The lowest BCUT2D eigenvalue weighted by Crippen LogP contribution is -2.16. The van der Waals surface area contributed by atoms with E-state index in [0.29, 0.717) is 18.5 Å². The van der Waals surface area contributed by atoms with Gasteiger partial charge in [0.05, 0.1) is 29.4 Å². The molecule has 8 heteroatoms. The van der Waals surface area contributed by atoms with Crippen molar-refractivity contribution in [2.24, 2.45) is 7.05 Å². The number of rotatable bonds is 6. The van der Waals surface area contributed by atoms with Gasteiger partial charge in [-0.15, -0.1) is 0 Å². The Morgan fingerprint density at radius 1 is 0.969 bits per heavy atom. The zero-order valence-corrected chi connectivity index (χ0v) is 19.1. The number of carbonyl (C=O) groups is 1. The van der Waals surface area contributed by atoms with Gasteiger partial charge in [0, 0.05) is 56.0 Å². The summed E-state index contributed by atoms with van der Waals surface area (Å²) in [6.07, 6.45) is 11.5. The molecule has 0 bridgehead atoms. The summed E-state index contributed by atoms with van der Waals surface area (Å²) in [4.78, 5) is 39.3. The summed E-state index contributed by atoms with van der Waals surface area (Å²) < 4.78 is 1.88. The zero-order valence-electron chi connectivity index (χ0n) is 19.1. The van der Waals surface area contributed by atoms with Crippen molar-refractivity contribution in [3.05, 3.63) is 71.8 Å². The van der Waals surface area contributed by atoms with Crippen LogP contribution in [0.5, 0.6) is 0 Å². The van der Waals surface area contributed by atoms with E-state index in [0.717, 1.165) is 33.8 Å². The van der Waals surface area contributed by atoms with Crippen molar-refractivity contribution in [1.29, 1.82) is 0 Å². The van der Waals surface area contributed by atoms with Gasteiger partial charge >= 0.3 is 0 Å². The van der Waals surface area contributed by atoms with Crippen LogP contribution in [-0.4, -0.2) is 40.3 Å². The minimum Gasteiger partial charge on any atom is -0.334 e. The lowest BCUT2D eigenvalue weighted by atomic mass is 9.95. The fraction of sp³-hybridized carbons (Fsp3) is 0.375. The summed E-state index contributed by atoms with van der Waals surface area (Å²) in [5.74, 6) is 0.725. The van der Waals surface area contributed by atoms with Crippen LogP contribution in [0.2, 0.25) is 0 Å². The summed E-state index contributed by atoms with van der Waals surface area (Å²) in [6, 6.07) is 1.79. The Bertz CT molecular complexity index is 1240. The van der Waals surface area contributed by atoms with Crippen LogP contribution >= 0.6 is 0 Å². The van der Waals surface area contributed by atoms with E-state index in [-0.39, 0.29) is 17.1 Å². The smallest absolute Gasteiger partial charge is 0.181 e. The van der Waals surface area contributed by atoms with E-state index in [1.54, 1.807) is 31.0 Å². The Labute approximate surface area is 187 Å².